The van der Waals surface area contributed by atoms with Crippen molar-refractivity contribution in [2.24, 2.45) is 0 Å². The molecular weight excluding hydrogens is 121 g/mol. The average molecular weight is 129 g/mol. The van der Waals surface area contributed by atoms with Gasteiger partial charge in [0.25, 0.3) is 0 Å². The Morgan fingerprint density at radius 3 is 2.56 bits per heavy atom. The van der Waals surface area contributed by atoms with Crippen molar-refractivity contribution in [3.63, 3.8) is 0 Å². The third kappa shape index (κ3) is 0.918. The van der Waals surface area contributed by atoms with Crippen molar-refractivity contribution in [1.29, 1.82) is 0 Å². The van der Waals surface area contributed by atoms with E-state index in [2.05, 4.69) is 10.3 Å². The Kier molecular flexibility index (Phi) is 1.46. The molecule has 0 saturated heterocycles. The second-order valence-corrected chi connectivity index (χ2v) is 1.78. The van der Waals surface area contributed by atoms with Gasteiger partial charge in [-0.25, -0.2) is 4.68 Å². The fourth-order valence-electron chi connectivity index (χ4n) is 0.590. The molecule has 0 aliphatic heterocycles. The van der Waals surface area contributed by atoms with Crippen LogP contribution in [0, 0.1) is 12.9 Å². The highest BCUT2D eigenvalue weighted by Gasteiger charge is 2.03. The number of aromatic nitrogens is 3. The van der Waals surface area contributed by atoms with Gasteiger partial charge in [-0.3, -0.25) is 0 Å². The summed E-state index contributed by atoms with van der Waals surface area (Å²) < 4.78 is 13.8. The smallest absolute Gasteiger partial charge is 0.219 e. The van der Waals surface area contributed by atoms with Crippen LogP contribution in [0.5, 0.6) is 0 Å². The predicted molar refractivity (Wildman–Crippen MR) is 30.4 cm³/mol. The van der Waals surface area contributed by atoms with E-state index >= 15 is 0 Å². The maximum absolute atomic E-state index is 12.6. The number of hydrogen-bond donors (Lipinski definition) is 0. The van der Waals surface area contributed by atoms with Crippen molar-refractivity contribution >= 4 is 0 Å². The molecule has 0 bridgehead atoms. The lowest BCUT2D eigenvalue weighted by Gasteiger charge is -1.90. The van der Waals surface area contributed by atoms with E-state index in [-0.39, 0.29) is 5.95 Å². The summed E-state index contributed by atoms with van der Waals surface area (Å²) >= 11 is 0. The Labute approximate surface area is 52.5 Å². The minimum Gasteiger partial charge on any atom is -0.219 e. The fraction of sp³-hybridized carbons (Fsp3) is 0.600. The molecule has 0 saturated carbocycles. The second-order valence-electron chi connectivity index (χ2n) is 1.78. The first-order valence-electron chi connectivity index (χ1n) is 2.81. The van der Waals surface area contributed by atoms with Crippen LogP contribution in [0.1, 0.15) is 12.6 Å². The van der Waals surface area contributed by atoms with Gasteiger partial charge in [0.05, 0.1) is 0 Å². The number of hydrogen-bond acceptors (Lipinski definition) is 2. The zero-order valence-corrected chi connectivity index (χ0v) is 5.43. The molecule has 1 rings (SSSR count). The van der Waals surface area contributed by atoms with Crippen LogP contribution >= 0.6 is 0 Å². The van der Waals surface area contributed by atoms with Gasteiger partial charge in [-0.05, 0) is 13.8 Å². The molecule has 0 aliphatic carbocycles. The third-order valence-electron chi connectivity index (χ3n) is 1.13. The first-order chi connectivity index (χ1) is 4.25. The molecule has 0 aliphatic rings. The topological polar surface area (TPSA) is 30.7 Å². The van der Waals surface area contributed by atoms with Crippen LogP contribution in [0.25, 0.3) is 0 Å². The summed E-state index contributed by atoms with van der Waals surface area (Å²) in [5.41, 5.74) is 0.358. The van der Waals surface area contributed by atoms with Crippen LogP contribution in [0.15, 0.2) is 0 Å². The normalized spacial score (nSPS) is 10.1. The van der Waals surface area contributed by atoms with E-state index < -0.39 is 0 Å². The Morgan fingerprint density at radius 2 is 2.33 bits per heavy atom. The van der Waals surface area contributed by atoms with E-state index in [4.69, 9.17) is 0 Å². The van der Waals surface area contributed by atoms with Crippen molar-refractivity contribution in [2.45, 2.75) is 20.4 Å². The number of halogens is 1. The number of rotatable bonds is 1. The van der Waals surface area contributed by atoms with Crippen LogP contribution < -0.4 is 0 Å². The minimum atomic E-state index is -0.336. The van der Waals surface area contributed by atoms with Crippen molar-refractivity contribution in [3.05, 3.63) is 11.6 Å². The lowest BCUT2D eigenvalue weighted by Crippen LogP contribution is -1.99. The first kappa shape index (κ1) is 6.19. The monoisotopic (exact) mass is 129 g/mol. The highest BCUT2D eigenvalue weighted by atomic mass is 19.1. The maximum atomic E-state index is 12.6. The first-order valence-corrected chi connectivity index (χ1v) is 2.81. The van der Waals surface area contributed by atoms with E-state index in [1.165, 1.54) is 4.68 Å². The maximum Gasteiger partial charge on any atom is 0.234 e. The molecule has 0 radical (unpaired) electrons. The minimum absolute atomic E-state index is 0.336. The van der Waals surface area contributed by atoms with Gasteiger partial charge < -0.3 is 0 Å². The van der Waals surface area contributed by atoms with Gasteiger partial charge >= 0.3 is 0 Å². The highest BCUT2D eigenvalue weighted by molar-refractivity contribution is 4.90. The quantitative estimate of drug-likeness (QED) is 0.560. The van der Waals surface area contributed by atoms with Gasteiger partial charge in [-0.2, -0.15) is 4.39 Å². The van der Waals surface area contributed by atoms with Gasteiger partial charge in [0.15, 0.2) is 0 Å². The summed E-state index contributed by atoms with van der Waals surface area (Å²) in [5, 5.41) is 7.05. The van der Waals surface area contributed by atoms with Crippen LogP contribution in [0.4, 0.5) is 4.39 Å². The van der Waals surface area contributed by atoms with Gasteiger partial charge in [0.1, 0.15) is 5.69 Å². The molecule has 0 unspecified atom stereocenters. The molecule has 1 aromatic rings. The number of nitrogens with zero attached hydrogens (tertiary/aromatic N) is 3. The van der Waals surface area contributed by atoms with Gasteiger partial charge in [-0.15, -0.1) is 5.10 Å². The standard InChI is InChI=1S/C5H8FN3/c1-3-9-5(6)4(2)7-8-9/h3H2,1-2H3. The Morgan fingerprint density at radius 1 is 1.67 bits per heavy atom. The van der Waals surface area contributed by atoms with Crippen molar-refractivity contribution < 1.29 is 4.39 Å². The summed E-state index contributed by atoms with van der Waals surface area (Å²) in [6, 6.07) is 0. The third-order valence-corrected chi connectivity index (χ3v) is 1.13. The van der Waals surface area contributed by atoms with Crippen LogP contribution in [-0.2, 0) is 6.54 Å². The lowest BCUT2D eigenvalue weighted by molar-refractivity contribution is 0.463. The van der Waals surface area contributed by atoms with E-state index in [9.17, 15) is 4.39 Å². The molecule has 0 amide bonds. The molecule has 50 valence electrons. The Hall–Kier alpha value is -0.930. The molecule has 0 atom stereocenters. The summed E-state index contributed by atoms with van der Waals surface area (Å²) in [7, 11) is 0. The SMILES string of the molecule is CCn1nnc(C)c1F. The van der Waals surface area contributed by atoms with Crippen LogP contribution in [0.2, 0.25) is 0 Å². The molecule has 4 heteroatoms. The molecule has 3 nitrogen and oxygen atoms in total. The van der Waals surface area contributed by atoms with Gasteiger partial charge in [-0.1, -0.05) is 5.21 Å². The Balaban J connectivity index is 3.04. The van der Waals surface area contributed by atoms with Crippen LogP contribution in [0.3, 0.4) is 0 Å². The molecule has 0 aromatic carbocycles. The van der Waals surface area contributed by atoms with Gasteiger partial charge in [0.2, 0.25) is 5.95 Å². The van der Waals surface area contributed by atoms with E-state index in [1.54, 1.807) is 6.92 Å². The Bertz CT molecular complexity index is 206. The summed E-state index contributed by atoms with van der Waals surface area (Å²) in [5.74, 6) is -0.336. The summed E-state index contributed by atoms with van der Waals surface area (Å²) in [6.07, 6.45) is 0. The molecular formula is C5H8FN3. The van der Waals surface area contributed by atoms with Crippen molar-refractivity contribution in [2.75, 3.05) is 0 Å². The fourth-order valence-corrected chi connectivity index (χ4v) is 0.590. The summed E-state index contributed by atoms with van der Waals surface area (Å²) in [6.45, 7) is 3.94. The molecule has 0 spiro atoms. The van der Waals surface area contributed by atoms with Gasteiger partial charge in [0, 0.05) is 6.54 Å². The highest BCUT2D eigenvalue weighted by Crippen LogP contribution is 1.98. The predicted octanol–water partition coefficient (Wildman–Crippen LogP) is 0.746. The van der Waals surface area contributed by atoms with E-state index in [1.807, 2.05) is 6.92 Å². The van der Waals surface area contributed by atoms with E-state index in [0.29, 0.717) is 12.2 Å². The second kappa shape index (κ2) is 2.13. The zero-order valence-electron chi connectivity index (χ0n) is 5.43. The molecule has 0 fully saturated rings. The number of aryl methyl sites for hydroxylation is 2. The molecule has 0 N–H and O–H groups in total. The lowest BCUT2D eigenvalue weighted by atomic mass is 10.5. The van der Waals surface area contributed by atoms with E-state index in [0.717, 1.165) is 0 Å². The van der Waals surface area contributed by atoms with Crippen LogP contribution in [-0.4, -0.2) is 15.0 Å². The van der Waals surface area contributed by atoms with Crippen molar-refractivity contribution in [1.82, 2.24) is 15.0 Å². The largest absolute Gasteiger partial charge is 0.234 e. The average Bonchev–Trinajstić information content (AvgIpc) is 2.15. The zero-order chi connectivity index (χ0) is 6.85. The summed E-state index contributed by atoms with van der Waals surface area (Å²) in [4.78, 5) is 0. The molecule has 1 heterocycles. The molecule has 1 aromatic heterocycles. The molecule has 9 heavy (non-hydrogen) atoms. The van der Waals surface area contributed by atoms with Crippen molar-refractivity contribution in [3.8, 4) is 0 Å².